The first-order valence-electron chi connectivity index (χ1n) is 12.0. The van der Waals surface area contributed by atoms with Crippen LogP contribution in [0.15, 0.2) is 79.3 Å². The van der Waals surface area contributed by atoms with Crippen LogP contribution in [0.2, 0.25) is 0 Å². The van der Waals surface area contributed by atoms with Gasteiger partial charge in [-0.3, -0.25) is 14.4 Å². The molecule has 180 valence electrons. The van der Waals surface area contributed by atoms with Gasteiger partial charge in [-0.1, -0.05) is 43.3 Å². The molecule has 1 aliphatic heterocycles. The number of nitrogens with one attached hydrogen (secondary N) is 1. The third kappa shape index (κ3) is 4.33. The van der Waals surface area contributed by atoms with Gasteiger partial charge >= 0.3 is 0 Å². The van der Waals surface area contributed by atoms with E-state index in [9.17, 15) is 14.3 Å². The number of halogens is 1. The van der Waals surface area contributed by atoms with Crippen molar-refractivity contribution in [2.24, 2.45) is 0 Å². The summed E-state index contributed by atoms with van der Waals surface area (Å²) in [6.07, 6.45) is 4.09. The van der Waals surface area contributed by atoms with Gasteiger partial charge in [0.25, 0.3) is 6.09 Å². The van der Waals surface area contributed by atoms with Gasteiger partial charge in [0.1, 0.15) is 18.4 Å². The Morgan fingerprint density at radius 3 is 2.77 bits per heavy atom. The summed E-state index contributed by atoms with van der Waals surface area (Å²) in [6.45, 7) is 3.69. The van der Waals surface area contributed by atoms with E-state index in [2.05, 4.69) is 40.0 Å². The number of hydrogen-bond acceptors (Lipinski definition) is 4. The number of carbonyl (C=O) groups excluding carboxylic acids is 1. The minimum absolute atomic E-state index is 0.00219. The van der Waals surface area contributed by atoms with Crippen LogP contribution in [-0.4, -0.2) is 44.6 Å². The van der Waals surface area contributed by atoms with Crippen LogP contribution in [0, 0.1) is 5.82 Å². The van der Waals surface area contributed by atoms with Crippen LogP contribution in [0.3, 0.4) is 0 Å². The number of rotatable bonds is 6. The summed E-state index contributed by atoms with van der Waals surface area (Å²) >= 11 is 0. The highest BCUT2D eigenvalue weighted by atomic mass is 19.1. The molecular weight excluding hydrogens is 443 g/mol. The molecule has 0 spiro atoms. The number of benzene rings is 2. The van der Waals surface area contributed by atoms with Crippen molar-refractivity contribution in [1.82, 2.24) is 14.9 Å². The number of amides is 1. The molecule has 0 aliphatic carbocycles. The highest BCUT2D eigenvalue weighted by Gasteiger charge is 2.50. The monoisotopic (exact) mass is 472 g/mol. The van der Waals surface area contributed by atoms with Crippen molar-refractivity contribution in [1.29, 1.82) is 0 Å². The van der Waals surface area contributed by atoms with E-state index in [0.717, 1.165) is 35.6 Å². The Balaban J connectivity index is 1.63. The van der Waals surface area contributed by atoms with Gasteiger partial charge in [0.2, 0.25) is 0 Å². The van der Waals surface area contributed by atoms with E-state index in [1.807, 2.05) is 42.6 Å². The van der Waals surface area contributed by atoms with Crippen LogP contribution in [0.25, 0.3) is 10.9 Å². The number of aromatic amines is 1. The molecule has 3 unspecified atom stereocenters. The second kappa shape index (κ2) is 9.60. The number of carboxylic acid groups (broad SMARTS) is 1. The van der Waals surface area contributed by atoms with Crippen LogP contribution in [0.1, 0.15) is 36.1 Å². The van der Waals surface area contributed by atoms with Crippen molar-refractivity contribution < 1.29 is 18.8 Å². The number of carbonyl (C=O) groups is 1. The maximum Gasteiger partial charge on any atom is 0.258 e. The van der Waals surface area contributed by atoms with Crippen LogP contribution >= 0.6 is 0 Å². The zero-order valence-corrected chi connectivity index (χ0v) is 19.7. The van der Waals surface area contributed by atoms with Gasteiger partial charge in [-0.05, 0) is 41.6 Å². The molecular formula is C28H29FN4O2. The van der Waals surface area contributed by atoms with E-state index < -0.39 is 18.0 Å². The molecule has 5 rings (SSSR count). The van der Waals surface area contributed by atoms with E-state index in [1.54, 1.807) is 6.07 Å². The lowest BCUT2D eigenvalue weighted by Gasteiger charge is -2.54. The first-order valence-corrected chi connectivity index (χ1v) is 12.0. The normalized spacial score (nSPS) is 22.9. The highest BCUT2D eigenvalue weighted by Crippen LogP contribution is 2.42. The summed E-state index contributed by atoms with van der Waals surface area (Å²) in [5.74, 6) is -0.495. The Morgan fingerprint density at radius 2 is 2.03 bits per heavy atom. The quantitative estimate of drug-likeness (QED) is 0.422. The molecule has 2 aromatic carbocycles. The third-order valence-electron chi connectivity index (χ3n) is 7.39. The van der Waals surface area contributed by atoms with Crippen molar-refractivity contribution in [3.8, 4) is 0 Å². The molecule has 1 aliphatic rings. The van der Waals surface area contributed by atoms with Crippen LogP contribution in [0.4, 0.5) is 9.18 Å². The Hall–Kier alpha value is -3.55. The van der Waals surface area contributed by atoms with Crippen molar-refractivity contribution in [3.05, 3.63) is 102 Å². The van der Waals surface area contributed by atoms with E-state index in [0.29, 0.717) is 18.7 Å². The van der Waals surface area contributed by atoms with Crippen molar-refractivity contribution in [2.45, 2.75) is 38.5 Å². The van der Waals surface area contributed by atoms with Gasteiger partial charge < -0.3 is 14.9 Å². The SMILES string of the molecule is CCC1C(c2ccc3[nH]ccc3c2)[N+](Cc2ccncc2F)(C(=O)[O-])CCN1Cc1ccccc1. The number of pyridine rings is 1. The summed E-state index contributed by atoms with van der Waals surface area (Å²) in [4.78, 5) is 22.4. The fourth-order valence-corrected chi connectivity index (χ4v) is 5.68. The highest BCUT2D eigenvalue weighted by molar-refractivity contribution is 5.80. The number of fused-ring (bicyclic) bond motifs is 1. The number of H-pyrrole nitrogens is 1. The van der Waals surface area contributed by atoms with Crippen molar-refractivity contribution in [2.75, 3.05) is 13.1 Å². The number of nitrogens with zero attached hydrogens (tertiary/aromatic N) is 3. The molecule has 35 heavy (non-hydrogen) atoms. The summed E-state index contributed by atoms with van der Waals surface area (Å²) in [7, 11) is 0. The molecule has 1 N–H and O–H groups in total. The number of quaternary nitrogens is 1. The van der Waals surface area contributed by atoms with E-state index in [4.69, 9.17) is 0 Å². The molecule has 1 fully saturated rings. The van der Waals surface area contributed by atoms with Crippen molar-refractivity contribution in [3.63, 3.8) is 0 Å². The van der Waals surface area contributed by atoms with Gasteiger partial charge in [0.05, 0.1) is 18.8 Å². The van der Waals surface area contributed by atoms with Gasteiger partial charge in [0, 0.05) is 42.1 Å². The largest absolute Gasteiger partial charge is 0.498 e. The lowest BCUT2D eigenvalue weighted by atomic mass is 9.88. The first-order chi connectivity index (χ1) is 17.0. The predicted molar refractivity (Wildman–Crippen MR) is 130 cm³/mol. The number of piperazine rings is 1. The lowest BCUT2D eigenvalue weighted by molar-refractivity contribution is -0.926. The van der Waals surface area contributed by atoms with Gasteiger partial charge in [-0.2, -0.15) is 0 Å². The molecule has 1 saturated heterocycles. The Morgan fingerprint density at radius 1 is 1.20 bits per heavy atom. The standard InChI is InChI=1S/C28H29FN4O2/c1-2-26-27(22-8-9-25-21(16-22)11-13-31-25)33(28(34)35,19-23-10-12-30-17-24(23)29)15-14-32(26)18-20-6-4-3-5-7-20/h3-13,16-17,26-27,31H,2,14-15,18-19H2,1H3. The predicted octanol–water partition coefficient (Wildman–Crippen LogP) is 4.40. The van der Waals surface area contributed by atoms with E-state index in [1.165, 1.54) is 11.8 Å². The fourth-order valence-electron chi connectivity index (χ4n) is 5.68. The molecule has 0 saturated carbocycles. The Labute approximate surface area is 204 Å². The van der Waals surface area contributed by atoms with Gasteiger partial charge in [0.15, 0.2) is 0 Å². The Bertz CT molecular complexity index is 1320. The van der Waals surface area contributed by atoms with E-state index >= 15 is 0 Å². The summed E-state index contributed by atoms with van der Waals surface area (Å²) in [5.41, 5.74) is 3.42. The number of hydrogen-bond donors (Lipinski definition) is 1. The summed E-state index contributed by atoms with van der Waals surface area (Å²) < 4.78 is 14.4. The van der Waals surface area contributed by atoms with Crippen LogP contribution in [-0.2, 0) is 13.1 Å². The second-order valence-corrected chi connectivity index (χ2v) is 9.35. The maximum absolute atomic E-state index is 14.7. The smallest absolute Gasteiger partial charge is 0.258 e. The topological polar surface area (TPSA) is 72.0 Å². The average molecular weight is 473 g/mol. The molecule has 3 heterocycles. The molecule has 7 heteroatoms. The summed E-state index contributed by atoms with van der Waals surface area (Å²) in [6, 6.07) is 19.3. The Kier molecular flexibility index (Phi) is 6.36. The minimum Gasteiger partial charge on any atom is -0.498 e. The lowest BCUT2D eigenvalue weighted by Crippen LogP contribution is -2.69. The molecule has 3 atom stereocenters. The number of aromatic nitrogens is 2. The zero-order valence-electron chi connectivity index (χ0n) is 19.7. The maximum atomic E-state index is 14.7. The van der Waals surface area contributed by atoms with Crippen LogP contribution < -0.4 is 5.11 Å². The van der Waals surface area contributed by atoms with Crippen molar-refractivity contribution >= 4 is 17.0 Å². The third-order valence-corrected chi connectivity index (χ3v) is 7.39. The minimum atomic E-state index is -1.18. The molecule has 1 amide bonds. The fraction of sp³-hybridized carbons (Fsp3) is 0.286. The van der Waals surface area contributed by atoms with Gasteiger partial charge in [-0.15, -0.1) is 0 Å². The molecule has 2 aromatic heterocycles. The van der Waals surface area contributed by atoms with Crippen LogP contribution in [0.5, 0.6) is 0 Å². The molecule has 0 bridgehead atoms. The average Bonchev–Trinajstić information content (AvgIpc) is 3.34. The summed E-state index contributed by atoms with van der Waals surface area (Å²) in [5, 5.41) is 14.0. The molecule has 4 aromatic rings. The first kappa shape index (κ1) is 23.2. The second-order valence-electron chi connectivity index (χ2n) is 9.35. The molecule has 6 nitrogen and oxygen atoms in total. The zero-order chi connectivity index (χ0) is 24.4. The van der Waals surface area contributed by atoms with E-state index in [-0.39, 0.29) is 17.1 Å². The van der Waals surface area contributed by atoms with Gasteiger partial charge in [-0.25, -0.2) is 4.39 Å². The molecule has 0 radical (unpaired) electrons.